The van der Waals surface area contributed by atoms with Gasteiger partial charge in [0.1, 0.15) is 5.54 Å². The lowest BCUT2D eigenvalue weighted by atomic mass is 10.2. The van der Waals surface area contributed by atoms with Crippen molar-refractivity contribution in [3.8, 4) is 11.3 Å². The largest absolute Gasteiger partial charge is 0.347 e. The first-order valence-corrected chi connectivity index (χ1v) is 6.47. The van der Waals surface area contributed by atoms with Crippen LogP contribution in [-0.4, -0.2) is 34.7 Å². The zero-order chi connectivity index (χ0) is 13.5. The molecule has 2 aromatic rings. The van der Waals surface area contributed by atoms with Crippen molar-refractivity contribution in [3.05, 3.63) is 42.6 Å². The van der Waals surface area contributed by atoms with Crippen LogP contribution >= 0.6 is 0 Å². The summed E-state index contributed by atoms with van der Waals surface area (Å²) in [5.74, 6) is 0.134. The Morgan fingerprint density at radius 1 is 1.21 bits per heavy atom. The molecule has 1 aliphatic carbocycles. The molecule has 1 heterocycles. The molecule has 0 saturated heterocycles. The molecule has 1 aliphatic rings. The molecule has 0 N–H and O–H groups in total. The maximum atomic E-state index is 12.2. The molecular weight excluding hydrogens is 238 g/mol. The summed E-state index contributed by atoms with van der Waals surface area (Å²) in [5, 5.41) is 4.59. The number of likely N-dealkylation sites (N-methyl/N-ethyl adjacent to an activating group) is 1. The van der Waals surface area contributed by atoms with Gasteiger partial charge in [-0.15, -0.1) is 0 Å². The van der Waals surface area contributed by atoms with E-state index in [0.717, 1.165) is 24.1 Å². The Labute approximate surface area is 112 Å². The summed E-state index contributed by atoms with van der Waals surface area (Å²) >= 11 is 0. The number of amides is 1. The molecule has 0 radical (unpaired) electrons. The molecule has 19 heavy (non-hydrogen) atoms. The highest BCUT2D eigenvalue weighted by atomic mass is 16.2. The molecule has 1 aromatic carbocycles. The number of hydrogen-bond acceptors (Lipinski definition) is 2. The molecular formula is C15H17N3O. The fourth-order valence-corrected chi connectivity index (χ4v) is 2.40. The third kappa shape index (κ3) is 1.93. The van der Waals surface area contributed by atoms with Gasteiger partial charge in [0.05, 0.1) is 5.69 Å². The Morgan fingerprint density at radius 2 is 1.89 bits per heavy atom. The highest BCUT2D eigenvalue weighted by molar-refractivity contribution is 5.86. The van der Waals surface area contributed by atoms with Gasteiger partial charge in [-0.3, -0.25) is 9.48 Å². The summed E-state index contributed by atoms with van der Waals surface area (Å²) in [6, 6.07) is 12.0. The smallest absolute Gasteiger partial charge is 0.250 e. The topological polar surface area (TPSA) is 38.1 Å². The van der Waals surface area contributed by atoms with Crippen LogP contribution in [0.2, 0.25) is 0 Å². The summed E-state index contributed by atoms with van der Waals surface area (Å²) in [4.78, 5) is 13.9. The first kappa shape index (κ1) is 12.0. The van der Waals surface area contributed by atoms with Crippen LogP contribution < -0.4 is 0 Å². The van der Waals surface area contributed by atoms with Crippen LogP contribution in [0.3, 0.4) is 0 Å². The molecule has 4 nitrogen and oxygen atoms in total. The Hall–Kier alpha value is -2.10. The molecule has 1 saturated carbocycles. The minimum Gasteiger partial charge on any atom is -0.347 e. The molecule has 1 fully saturated rings. The monoisotopic (exact) mass is 255 g/mol. The van der Waals surface area contributed by atoms with Crippen molar-refractivity contribution in [1.29, 1.82) is 0 Å². The van der Waals surface area contributed by atoms with E-state index in [2.05, 4.69) is 5.10 Å². The van der Waals surface area contributed by atoms with Crippen LogP contribution in [0.15, 0.2) is 42.6 Å². The summed E-state index contributed by atoms with van der Waals surface area (Å²) in [6.07, 6.45) is 3.66. The van der Waals surface area contributed by atoms with Crippen molar-refractivity contribution < 1.29 is 4.79 Å². The van der Waals surface area contributed by atoms with E-state index in [1.165, 1.54) is 0 Å². The first-order chi connectivity index (χ1) is 9.13. The number of carbonyl (C=O) groups excluding carboxylic acids is 1. The van der Waals surface area contributed by atoms with Gasteiger partial charge in [-0.25, -0.2) is 0 Å². The lowest BCUT2D eigenvalue weighted by Crippen LogP contribution is -2.38. The Morgan fingerprint density at radius 3 is 2.47 bits per heavy atom. The third-order valence-corrected chi connectivity index (χ3v) is 3.63. The SMILES string of the molecule is CN(C)C(=O)C1(n2ccc(-c3ccccc3)n2)CC1. The Bertz CT molecular complexity index is 597. The van der Waals surface area contributed by atoms with Gasteiger partial charge in [0.2, 0.25) is 5.91 Å². The van der Waals surface area contributed by atoms with E-state index in [-0.39, 0.29) is 5.91 Å². The second-order valence-electron chi connectivity index (χ2n) is 5.24. The number of benzene rings is 1. The van der Waals surface area contributed by atoms with Crippen LogP contribution in [0.25, 0.3) is 11.3 Å². The molecule has 3 rings (SSSR count). The molecule has 0 bridgehead atoms. The van der Waals surface area contributed by atoms with E-state index < -0.39 is 5.54 Å². The van der Waals surface area contributed by atoms with Gasteiger partial charge in [0, 0.05) is 25.9 Å². The van der Waals surface area contributed by atoms with Crippen LogP contribution in [0.5, 0.6) is 0 Å². The zero-order valence-electron chi connectivity index (χ0n) is 11.2. The number of carbonyl (C=O) groups is 1. The standard InChI is InChI=1S/C15H17N3O/c1-17(2)14(19)15(9-10-15)18-11-8-13(16-18)12-6-4-3-5-7-12/h3-8,11H,9-10H2,1-2H3. The van der Waals surface area contributed by atoms with Gasteiger partial charge >= 0.3 is 0 Å². The summed E-state index contributed by atoms with van der Waals surface area (Å²) in [7, 11) is 3.59. The van der Waals surface area contributed by atoms with E-state index in [1.807, 2.05) is 47.3 Å². The van der Waals surface area contributed by atoms with E-state index in [1.54, 1.807) is 19.0 Å². The average molecular weight is 255 g/mol. The number of hydrogen-bond donors (Lipinski definition) is 0. The molecule has 0 spiro atoms. The highest BCUT2D eigenvalue weighted by Crippen LogP contribution is 2.44. The molecule has 98 valence electrons. The average Bonchev–Trinajstić information content (AvgIpc) is 3.09. The minimum atomic E-state index is -0.434. The number of aromatic nitrogens is 2. The fraction of sp³-hybridized carbons (Fsp3) is 0.333. The first-order valence-electron chi connectivity index (χ1n) is 6.47. The molecule has 4 heteroatoms. The molecule has 0 unspecified atom stereocenters. The normalized spacial score (nSPS) is 16.1. The molecule has 0 atom stereocenters. The Kier molecular flexibility index (Phi) is 2.66. The lowest BCUT2D eigenvalue weighted by molar-refractivity contribution is -0.133. The highest BCUT2D eigenvalue weighted by Gasteiger charge is 2.53. The van der Waals surface area contributed by atoms with Gasteiger partial charge in [-0.1, -0.05) is 30.3 Å². The predicted octanol–water partition coefficient (Wildman–Crippen LogP) is 2.13. The van der Waals surface area contributed by atoms with Gasteiger partial charge in [-0.05, 0) is 18.9 Å². The third-order valence-electron chi connectivity index (χ3n) is 3.63. The summed E-state index contributed by atoms with van der Waals surface area (Å²) in [5.41, 5.74) is 1.56. The van der Waals surface area contributed by atoms with Crippen LogP contribution in [0, 0.1) is 0 Å². The van der Waals surface area contributed by atoms with E-state index in [0.29, 0.717) is 0 Å². The van der Waals surface area contributed by atoms with Crippen molar-refractivity contribution >= 4 is 5.91 Å². The predicted molar refractivity (Wildman–Crippen MR) is 73.6 cm³/mol. The van der Waals surface area contributed by atoms with Crippen molar-refractivity contribution in [2.45, 2.75) is 18.4 Å². The van der Waals surface area contributed by atoms with E-state index in [4.69, 9.17) is 0 Å². The number of nitrogens with zero attached hydrogens (tertiary/aromatic N) is 3. The second-order valence-corrected chi connectivity index (χ2v) is 5.24. The van der Waals surface area contributed by atoms with Crippen molar-refractivity contribution in [1.82, 2.24) is 14.7 Å². The van der Waals surface area contributed by atoms with Crippen LogP contribution in [-0.2, 0) is 10.3 Å². The van der Waals surface area contributed by atoms with Crippen molar-refractivity contribution in [2.75, 3.05) is 14.1 Å². The molecule has 1 amide bonds. The molecule has 1 aromatic heterocycles. The van der Waals surface area contributed by atoms with Gasteiger partial charge in [0.25, 0.3) is 0 Å². The van der Waals surface area contributed by atoms with Gasteiger partial charge in [0.15, 0.2) is 0 Å². The summed E-state index contributed by atoms with van der Waals surface area (Å²) in [6.45, 7) is 0. The second kappa shape index (κ2) is 4.23. The van der Waals surface area contributed by atoms with Gasteiger partial charge < -0.3 is 4.90 Å². The van der Waals surface area contributed by atoms with Crippen LogP contribution in [0.4, 0.5) is 0 Å². The Balaban J connectivity index is 1.93. The fourth-order valence-electron chi connectivity index (χ4n) is 2.40. The minimum absolute atomic E-state index is 0.134. The molecule has 0 aliphatic heterocycles. The van der Waals surface area contributed by atoms with Gasteiger partial charge in [-0.2, -0.15) is 5.10 Å². The maximum Gasteiger partial charge on any atom is 0.250 e. The maximum absolute atomic E-state index is 12.2. The lowest BCUT2D eigenvalue weighted by Gasteiger charge is -2.20. The quantitative estimate of drug-likeness (QED) is 0.842. The van der Waals surface area contributed by atoms with E-state index in [9.17, 15) is 4.79 Å². The van der Waals surface area contributed by atoms with Crippen molar-refractivity contribution in [3.63, 3.8) is 0 Å². The zero-order valence-corrected chi connectivity index (χ0v) is 11.2. The van der Waals surface area contributed by atoms with Crippen molar-refractivity contribution in [2.24, 2.45) is 0 Å². The number of rotatable bonds is 3. The van der Waals surface area contributed by atoms with Crippen LogP contribution in [0.1, 0.15) is 12.8 Å². The van der Waals surface area contributed by atoms with E-state index >= 15 is 0 Å². The summed E-state index contributed by atoms with van der Waals surface area (Å²) < 4.78 is 1.83.